The number of methoxy groups -OCH3 is 1. The number of nitro groups is 1. The van der Waals surface area contributed by atoms with Crippen LogP contribution in [0, 0.1) is 24.0 Å². The van der Waals surface area contributed by atoms with Crippen LogP contribution in [0.2, 0.25) is 0 Å². The average molecular weight is 395 g/mol. The summed E-state index contributed by atoms with van der Waals surface area (Å²) in [6.45, 7) is 3.59. The zero-order valence-electron chi connectivity index (χ0n) is 16.6. The van der Waals surface area contributed by atoms with Gasteiger partial charge in [0.25, 0.3) is 0 Å². The predicted octanol–water partition coefficient (Wildman–Crippen LogP) is 3.09. The van der Waals surface area contributed by atoms with Gasteiger partial charge in [-0.2, -0.15) is 10.2 Å². The summed E-state index contributed by atoms with van der Waals surface area (Å²) in [5.74, 6) is 0.479. The molecule has 3 aromatic rings. The number of ketones is 1. The molecule has 1 aromatic carbocycles. The zero-order valence-corrected chi connectivity index (χ0v) is 16.6. The summed E-state index contributed by atoms with van der Waals surface area (Å²) in [5.41, 5.74) is 2.94. The molecule has 2 aromatic heterocycles. The second-order valence-corrected chi connectivity index (χ2v) is 6.54. The molecule has 0 bridgehead atoms. The maximum Gasteiger partial charge on any atom is 0.312 e. The minimum atomic E-state index is -0.422. The molecule has 2 heterocycles. The Morgan fingerprint density at radius 1 is 1.31 bits per heavy atom. The molecule has 0 amide bonds. The van der Waals surface area contributed by atoms with Crippen LogP contribution in [0.25, 0.3) is 6.08 Å². The summed E-state index contributed by atoms with van der Waals surface area (Å²) in [7, 11) is 3.27. The fraction of sp³-hybridized carbons (Fsp3) is 0.250. The fourth-order valence-electron chi connectivity index (χ4n) is 3.17. The van der Waals surface area contributed by atoms with Crippen molar-refractivity contribution in [2.24, 2.45) is 7.05 Å². The molecule has 0 aliphatic carbocycles. The van der Waals surface area contributed by atoms with E-state index in [1.54, 1.807) is 57.1 Å². The van der Waals surface area contributed by atoms with Crippen LogP contribution in [0.5, 0.6) is 5.75 Å². The highest BCUT2D eigenvalue weighted by atomic mass is 16.6. The molecule has 0 spiro atoms. The van der Waals surface area contributed by atoms with E-state index < -0.39 is 4.92 Å². The van der Waals surface area contributed by atoms with Crippen molar-refractivity contribution >= 4 is 17.5 Å². The Bertz CT molecular complexity index is 1110. The van der Waals surface area contributed by atoms with Crippen LogP contribution in [0.4, 0.5) is 5.69 Å². The van der Waals surface area contributed by atoms with Crippen molar-refractivity contribution in [2.75, 3.05) is 7.11 Å². The molecule has 29 heavy (non-hydrogen) atoms. The Balaban J connectivity index is 1.89. The Morgan fingerprint density at radius 2 is 2.07 bits per heavy atom. The monoisotopic (exact) mass is 395 g/mol. The highest BCUT2D eigenvalue weighted by Crippen LogP contribution is 2.26. The number of ether oxygens (including phenoxy) is 1. The molecular weight excluding hydrogens is 374 g/mol. The molecule has 0 radical (unpaired) electrons. The van der Waals surface area contributed by atoms with E-state index in [2.05, 4.69) is 10.2 Å². The van der Waals surface area contributed by atoms with Gasteiger partial charge in [0.05, 0.1) is 18.6 Å². The number of carbonyl (C=O) groups excluding carboxylic acids is 1. The smallest absolute Gasteiger partial charge is 0.312 e. The van der Waals surface area contributed by atoms with Gasteiger partial charge in [-0.25, -0.2) is 0 Å². The quantitative estimate of drug-likeness (QED) is 0.263. The molecule has 0 atom stereocenters. The van der Waals surface area contributed by atoms with Gasteiger partial charge in [-0.1, -0.05) is 12.1 Å². The summed E-state index contributed by atoms with van der Waals surface area (Å²) in [4.78, 5) is 23.1. The summed E-state index contributed by atoms with van der Waals surface area (Å²) in [6.07, 6.45) is 4.76. The summed E-state index contributed by atoms with van der Waals surface area (Å²) < 4.78 is 8.52. The topological polar surface area (TPSA) is 105 Å². The lowest BCUT2D eigenvalue weighted by atomic mass is 10.1. The second-order valence-electron chi connectivity index (χ2n) is 6.54. The maximum absolute atomic E-state index is 12.3. The third-order valence-corrected chi connectivity index (χ3v) is 4.65. The Morgan fingerprint density at radius 3 is 2.66 bits per heavy atom. The molecule has 0 saturated heterocycles. The lowest BCUT2D eigenvalue weighted by molar-refractivity contribution is -0.386. The van der Waals surface area contributed by atoms with Gasteiger partial charge >= 0.3 is 5.69 Å². The Kier molecular flexibility index (Phi) is 5.58. The number of hydrogen-bond acceptors (Lipinski definition) is 6. The number of aromatic nitrogens is 4. The summed E-state index contributed by atoms with van der Waals surface area (Å²) in [5, 5.41) is 19.5. The molecule has 0 saturated carbocycles. The highest BCUT2D eigenvalue weighted by molar-refractivity contribution is 6.05. The number of rotatable bonds is 7. The third kappa shape index (κ3) is 4.08. The zero-order chi connectivity index (χ0) is 21.1. The molecule has 9 nitrogen and oxygen atoms in total. The fourth-order valence-corrected chi connectivity index (χ4v) is 3.17. The van der Waals surface area contributed by atoms with Gasteiger partial charge in [-0.3, -0.25) is 24.3 Å². The van der Waals surface area contributed by atoms with Gasteiger partial charge in [0, 0.05) is 18.8 Å². The molecule has 0 unspecified atom stereocenters. The van der Waals surface area contributed by atoms with E-state index >= 15 is 0 Å². The van der Waals surface area contributed by atoms with Crippen LogP contribution in [0.1, 0.15) is 33.0 Å². The Labute approximate surface area is 167 Å². The van der Waals surface area contributed by atoms with Crippen molar-refractivity contribution < 1.29 is 14.5 Å². The van der Waals surface area contributed by atoms with Crippen LogP contribution in [0.15, 0.2) is 36.5 Å². The first kappa shape index (κ1) is 20.0. The van der Waals surface area contributed by atoms with E-state index in [0.29, 0.717) is 29.4 Å². The number of benzene rings is 1. The van der Waals surface area contributed by atoms with E-state index in [1.165, 1.54) is 10.8 Å². The number of carbonyl (C=O) groups is 1. The predicted molar refractivity (Wildman–Crippen MR) is 107 cm³/mol. The van der Waals surface area contributed by atoms with E-state index in [9.17, 15) is 14.9 Å². The normalized spacial score (nSPS) is 11.2. The van der Waals surface area contributed by atoms with Gasteiger partial charge in [0.1, 0.15) is 22.8 Å². The molecule has 0 N–H and O–H groups in total. The van der Waals surface area contributed by atoms with Crippen molar-refractivity contribution in [3.8, 4) is 5.75 Å². The van der Waals surface area contributed by atoms with E-state index in [0.717, 1.165) is 11.1 Å². The highest BCUT2D eigenvalue weighted by Gasteiger charge is 2.22. The SMILES string of the molecule is COc1ccc(/C=C/C(=O)c2ccnn2C)cc1Cn1nc(C)c([N+](=O)[O-])c1C. The Hall–Kier alpha value is -3.75. The molecule has 150 valence electrons. The van der Waals surface area contributed by atoms with Crippen molar-refractivity contribution in [1.29, 1.82) is 0 Å². The number of allylic oxidation sites excluding steroid dienone is 1. The van der Waals surface area contributed by atoms with Crippen LogP contribution in [0.3, 0.4) is 0 Å². The van der Waals surface area contributed by atoms with Crippen molar-refractivity contribution in [3.05, 3.63) is 74.9 Å². The molecule has 3 rings (SSSR count). The standard InChI is InChI=1S/C20H21N5O4/c1-13-20(25(27)28)14(2)24(22-13)12-16-11-15(6-8-19(16)29-4)5-7-18(26)17-9-10-21-23(17)3/h5-11H,12H2,1-4H3/b7-5+. The average Bonchev–Trinajstić information content (AvgIpc) is 3.22. The van der Waals surface area contributed by atoms with Gasteiger partial charge in [0.2, 0.25) is 5.78 Å². The summed E-state index contributed by atoms with van der Waals surface area (Å²) in [6, 6.07) is 7.15. The molecule has 9 heteroatoms. The van der Waals surface area contributed by atoms with Gasteiger partial charge < -0.3 is 4.74 Å². The first-order valence-corrected chi connectivity index (χ1v) is 8.87. The minimum absolute atomic E-state index is 0.0155. The van der Waals surface area contributed by atoms with Crippen molar-refractivity contribution in [3.63, 3.8) is 0 Å². The largest absolute Gasteiger partial charge is 0.496 e. The van der Waals surface area contributed by atoms with Gasteiger partial charge in [-0.15, -0.1) is 0 Å². The molecule has 0 aliphatic rings. The van der Waals surface area contributed by atoms with Crippen LogP contribution in [-0.4, -0.2) is 37.4 Å². The van der Waals surface area contributed by atoms with E-state index in [4.69, 9.17) is 4.74 Å². The van der Waals surface area contributed by atoms with Crippen LogP contribution in [-0.2, 0) is 13.6 Å². The second kappa shape index (κ2) is 8.09. The first-order valence-electron chi connectivity index (χ1n) is 8.87. The van der Waals surface area contributed by atoms with Crippen LogP contribution < -0.4 is 4.74 Å². The van der Waals surface area contributed by atoms with Gasteiger partial charge in [-0.05, 0) is 43.7 Å². The van der Waals surface area contributed by atoms with Crippen molar-refractivity contribution in [1.82, 2.24) is 19.6 Å². The maximum atomic E-state index is 12.3. The van der Waals surface area contributed by atoms with E-state index in [-0.39, 0.29) is 11.5 Å². The lowest BCUT2D eigenvalue weighted by Crippen LogP contribution is -2.06. The summed E-state index contributed by atoms with van der Waals surface area (Å²) >= 11 is 0. The number of nitrogens with zero attached hydrogens (tertiary/aromatic N) is 5. The lowest BCUT2D eigenvalue weighted by Gasteiger charge is -2.10. The first-order chi connectivity index (χ1) is 13.8. The van der Waals surface area contributed by atoms with Crippen LogP contribution >= 0.6 is 0 Å². The molecular formula is C20H21N5O4. The molecule has 0 fully saturated rings. The number of hydrogen-bond donors (Lipinski definition) is 0. The van der Waals surface area contributed by atoms with Crippen molar-refractivity contribution in [2.45, 2.75) is 20.4 Å². The molecule has 0 aliphatic heterocycles. The minimum Gasteiger partial charge on any atom is -0.496 e. The number of aryl methyl sites for hydroxylation is 2. The van der Waals surface area contributed by atoms with Gasteiger partial charge in [0.15, 0.2) is 0 Å². The van der Waals surface area contributed by atoms with E-state index in [1.807, 2.05) is 12.1 Å². The third-order valence-electron chi connectivity index (χ3n) is 4.65.